The molecule has 0 bridgehead atoms. The van der Waals surface area contributed by atoms with Gasteiger partial charge in [0, 0.05) is 18.9 Å². The Morgan fingerprint density at radius 1 is 1.32 bits per heavy atom. The average molecular weight is 255 g/mol. The summed E-state index contributed by atoms with van der Waals surface area (Å²) in [5, 5.41) is 8.06. The van der Waals surface area contributed by atoms with Crippen LogP contribution in [0.3, 0.4) is 0 Å². The van der Waals surface area contributed by atoms with Crippen molar-refractivity contribution in [3.8, 4) is 11.6 Å². The zero-order valence-corrected chi connectivity index (χ0v) is 10.4. The first-order valence-electron chi connectivity index (χ1n) is 5.91. The first-order chi connectivity index (χ1) is 9.28. The minimum atomic E-state index is 0.428. The second kappa shape index (κ2) is 4.66. The van der Waals surface area contributed by atoms with Crippen LogP contribution in [0, 0.1) is 6.92 Å². The summed E-state index contributed by atoms with van der Waals surface area (Å²) in [6.45, 7) is 2.34. The molecule has 2 heterocycles. The predicted molar refractivity (Wildman–Crippen MR) is 69.9 cm³/mol. The molecule has 0 amide bonds. The smallest absolute Gasteiger partial charge is 0.265 e. The fraction of sp³-hybridized carbons (Fsp3) is 0.154. The zero-order chi connectivity index (χ0) is 13.2. The number of nitrogens with zero attached hydrogens (tertiary/aromatic N) is 4. The van der Waals surface area contributed by atoms with Gasteiger partial charge in [-0.2, -0.15) is 0 Å². The van der Waals surface area contributed by atoms with Gasteiger partial charge in [0.15, 0.2) is 0 Å². The lowest BCUT2D eigenvalue weighted by molar-refractivity contribution is 0.464. The SMILES string of the molecule is Cc1nnc2c(Oc3cccc(CN)c3)nccn12. The third kappa shape index (κ3) is 2.13. The maximum absolute atomic E-state index is 5.76. The first kappa shape index (κ1) is 11.6. The second-order valence-electron chi connectivity index (χ2n) is 4.13. The zero-order valence-electron chi connectivity index (χ0n) is 10.4. The molecule has 19 heavy (non-hydrogen) atoms. The number of nitrogens with two attached hydrogens (primary N) is 1. The van der Waals surface area contributed by atoms with Crippen molar-refractivity contribution >= 4 is 5.65 Å². The lowest BCUT2D eigenvalue weighted by Gasteiger charge is -2.06. The first-order valence-corrected chi connectivity index (χ1v) is 5.91. The third-order valence-corrected chi connectivity index (χ3v) is 2.81. The van der Waals surface area contributed by atoms with E-state index in [0.717, 1.165) is 11.4 Å². The molecule has 0 saturated heterocycles. The van der Waals surface area contributed by atoms with Gasteiger partial charge in [-0.25, -0.2) is 4.98 Å². The minimum absolute atomic E-state index is 0.428. The van der Waals surface area contributed by atoms with Gasteiger partial charge in [-0.05, 0) is 24.6 Å². The Hall–Kier alpha value is -2.47. The Morgan fingerprint density at radius 2 is 2.21 bits per heavy atom. The summed E-state index contributed by atoms with van der Waals surface area (Å²) < 4.78 is 7.59. The summed E-state index contributed by atoms with van der Waals surface area (Å²) in [6, 6.07) is 7.58. The van der Waals surface area contributed by atoms with Gasteiger partial charge in [0.25, 0.3) is 5.88 Å². The predicted octanol–water partition coefficient (Wildman–Crippen LogP) is 1.68. The van der Waals surface area contributed by atoms with Crippen LogP contribution in [0.1, 0.15) is 11.4 Å². The van der Waals surface area contributed by atoms with Gasteiger partial charge in [-0.15, -0.1) is 10.2 Å². The standard InChI is InChI=1S/C13H13N5O/c1-9-16-17-12-13(15-5-6-18(9)12)19-11-4-2-3-10(7-11)8-14/h2-7H,8,14H2,1H3. The van der Waals surface area contributed by atoms with Gasteiger partial charge in [-0.1, -0.05) is 12.1 Å². The summed E-state index contributed by atoms with van der Waals surface area (Å²) in [4.78, 5) is 4.19. The fourth-order valence-electron chi connectivity index (χ4n) is 1.84. The van der Waals surface area contributed by atoms with Gasteiger partial charge in [-0.3, -0.25) is 4.40 Å². The number of ether oxygens (including phenoxy) is 1. The highest BCUT2D eigenvalue weighted by molar-refractivity contribution is 5.50. The molecule has 0 saturated carbocycles. The normalized spacial score (nSPS) is 10.8. The molecule has 0 radical (unpaired) electrons. The largest absolute Gasteiger partial charge is 0.436 e. The van der Waals surface area contributed by atoms with Crippen LogP contribution in [0.5, 0.6) is 11.6 Å². The maximum atomic E-state index is 5.76. The Bertz CT molecular complexity index is 722. The molecule has 96 valence electrons. The third-order valence-electron chi connectivity index (χ3n) is 2.81. The maximum Gasteiger partial charge on any atom is 0.265 e. The molecule has 6 nitrogen and oxygen atoms in total. The van der Waals surface area contributed by atoms with Gasteiger partial charge >= 0.3 is 0 Å². The van der Waals surface area contributed by atoms with Crippen LogP contribution in [-0.4, -0.2) is 19.6 Å². The van der Waals surface area contributed by atoms with Crippen molar-refractivity contribution in [1.29, 1.82) is 0 Å². The number of hydrogen-bond donors (Lipinski definition) is 1. The number of aromatic nitrogens is 4. The van der Waals surface area contributed by atoms with Crippen LogP contribution in [0.4, 0.5) is 0 Å². The topological polar surface area (TPSA) is 78.3 Å². The summed E-state index contributed by atoms with van der Waals surface area (Å²) >= 11 is 0. The van der Waals surface area contributed by atoms with E-state index in [9.17, 15) is 0 Å². The van der Waals surface area contributed by atoms with Gasteiger partial charge < -0.3 is 10.5 Å². The lowest BCUT2D eigenvalue weighted by atomic mass is 10.2. The van der Waals surface area contributed by atoms with Crippen molar-refractivity contribution in [1.82, 2.24) is 19.6 Å². The van der Waals surface area contributed by atoms with E-state index >= 15 is 0 Å². The van der Waals surface area contributed by atoms with E-state index in [0.29, 0.717) is 23.8 Å². The summed E-state index contributed by atoms with van der Waals surface area (Å²) in [7, 11) is 0. The molecule has 0 unspecified atom stereocenters. The molecule has 6 heteroatoms. The highest BCUT2D eigenvalue weighted by Gasteiger charge is 2.09. The number of hydrogen-bond acceptors (Lipinski definition) is 5. The van der Waals surface area contributed by atoms with E-state index < -0.39 is 0 Å². The summed E-state index contributed by atoms with van der Waals surface area (Å²) in [5.74, 6) is 1.90. The molecule has 0 spiro atoms. The number of rotatable bonds is 3. The van der Waals surface area contributed by atoms with Crippen molar-refractivity contribution < 1.29 is 4.74 Å². The Labute approximate surface area is 109 Å². The van der Waals surface area contributed by atoms with Crippen LogP contribution in [-0.2, 0) is 6.54 Å². The lowest BCUT2D eigenvalue weighted by Crippen LogP contribution is -1.97. The summed E-state index contributed by atoms with van der Waals surface area (Å²) in [5.41, 5.74) is 7.21. The molecule has 3 aromatic rings. The molecule has 0 aliphatic heterocycles. The molecule has 1 aromatic carbocycles. The van der Waals surface area contributed by atoms with Crippen LogP contribution in [0.25, 0.3) is 5.65 Å². The number of benzene rings is 1. The van der Waals surface area contributed by atoms with Crippen molar-refractivity contribution in [2.45, 2.75) is 13.5 Å². The van der Waals surface area contributed by atoms with E-state index in [1.165, 1.54) is 0 Å². The highest BCUT2D eigenvalue weighted by atomic mass is 16.5. The summed E-state index contributed by atoms with van der Waals surface area (Å²) in [6.07, 6.45) is 3.46. The fourth-order valence-corrected chi connectivity index (χ4v) is 1.84. The van der Waals surface area contributed by atoms with Crippen molar-refractivity contribution in [2.24, 2.45) is 5.73 Å². The van der Waals surface area contributed by atoms with E-state index in [4.69, 9.17) is 10.5 Å². The van der Waals surface area contributed by atoms with Crippen LogP contribution in [0.2, 0.25) is 0 Å². The van der Waals surface area contributed by atoms with E-state index in [1.54, 1.807) is 12.4 Å². The number of fused-ring (bicyclic) bond motifs is 1. The monoisotopic (exact) mass is 255 g/mol. The van der Waals surface area contributed by atoms with Gasteiger partial charge in [0.1, 0.15) is 11.6 Å². The van der Waals surface area contributed by atoms with Crippen molar-refractivity contribution in [3.05, 3.63) is 48.0 Å². The Balaban J connectivity index is 2.00. The minimum Gasteiger partial charge on any atom is -0.436 e. The molecule has 2 N–H and O–H groups in total. The van der Waals surface area contributed by atoms with E-state index in [-0.39, 0.29) is 0 Å². The van der Waals surface area contributed by atoms with Gasteiger partial charge in [0.05, 0.1) is 0 Å². The number of aryl methyl sites for hydroxylation is 1. The molecular weight excluding hydrogens is 242 g/mol. The molecular formula is C13H13N5O. The quantitative estimate of drug-likeness (QED) is 0.770. The van der Waals surface area contributed by atoms with Crippen molar-refractivity contribution in [3.63, 3.8) is 0 Å². The second-order valence-corrected chi connectivity index (χ2v) is 4.13. The molecule has 3 rings (SSSR count). The molecule has 0 aliphatic carbocycles. The highest BCUT2D eigenvalue weighted by Crippen LogP contribution is 2.23. The van der Waals surface area contributed by atoms with Gasteiger partial charge in [0.2, 0.25) is 5.65 Å². The van der Waals surface area contributed by atoms with Crippen molar-refractivity contribution in [2.75, 3.05) is 0 Å². The van der Waals surface area contributed by atoms with Crippen LogP contribution >= 0.6 is 0 Å². The van der Waals surface area contributed by atoms with Crippen LogP contribution < -0.4 is 10.5 Å². The van der Waals surface area contributed by atoms with Crippen LogP contribution in [0.15, 0.2) is 36.7 Å². The van der Waals surface area contributed by atoms with E-state index in [2.05, 4.69) is 15.2 Å². The Kier molecular flexibility index (Phi) is 2.85. The molecule has 0 atom stereocenters. The Morgan fingerprint density at radius 3 is 3.05 bits per heavy atom. The average Bonchev–Trinajstić information content (AvgIpc) is 2.82. The molecule has 0 aliphatic rings. The molecule has 2 aromatic heterocycles. The van der Waals surface area contributed by atoms with E-state index in [1.807, 2.05) is 35.6 Å². The molecule has 0 fully saturated rings.